The first-order chi connectivity index (χ1) is 3.80. The molecule has 0 saturated heterocycles. The standard InChI is InChI=1S/C6H3BrF/c7-5-3-1-2-4-6(5)8/h1-3H. The molecule has 1 radical (unpaired) electrons. The molecule has 0 unspecified atom stereocenters. The number of halogens is 2. The Labute approximate surface area is 55.5 Å². The molecule has 0 saturated carbocycles. The molecule has 0 aliphatic heterocycles. The molecule has 0 fully saturated rings. The zero-order valence-electron chi connectivity index (χ0n) is 3.99. The second-order valence-electron chi connectivity index (χ2n) is 1.33. The summed E-state index contributed by atoms with van der Waals surface area (Å²) in [7, 11) is 0. The van der Waals surface area contributed by atoms with E-state index in [1.807, 2.05) is 0 Å². The van der Waals surface area contributed by atoms with Gasteiger partial charge in [0.2, 0.25) is 0 Å². The van der Waals surface area contributed by atoms with Crippen molar-refractivity contribution in [1.29, 1.82) is 0 Å². The minimum atomic E-state index is -0.340. The molecule has 1 aromatic rings. The van der Waals surface area contributed by atoms with Crippen molar-refractivity contribution >= 4 is 15.9 Å². The summed E-state index contributed by atoms with van der Waals surface area (Å²) in [4.78, 5) is 0. The molecule has 1 aromatic carbocycles. The molecule has 0 spiro atoms. The van der Waals surface area contributed by atoms with Crippen LogP contribution in [-0.4, -0.2) is 0 Å². The number of hydrogen-bond donors (Lipinski definition) is 0. The van der Waals surface area contributed by atoms with Crippen LogP contribution in [0.2, 0.25) is 0 Å². The number of rotatable bonds is 0. The molecule has 0 nitrogen and oxygen atoms in total. The molecule has 41 valence electrons. The Morgan fingerprint density at radius 1 is 1.62 bits per heavy atom. The van der Waals surface area contributed by atoms with Gasteiger partial charge in [-0.05, 0) is 22.0 Å². The number of hydrogen-bond acceptors (Lipinski definition) is 0. The Morgan fingerprint density at radius 3 is 2.75 bits per heavy atom. The van der Waals surface area contributed by atoms with E-state index in [4.69, 9.17) is 0 Å². The van der Waals surface area contributed by atoms with Gasteiger partial charge in [-0.2, -0.15) is 0 Å². The van der Waals surface area contributed by atoms with E-state index in [-0.39, 0.29) is 5.82 Å². The lowest BCUT2D eigenvalue weighted by molar-refractivity contribution is 0.619. The van der Waals surface area contributed by atoms with Crippen LogP contribution in [0.4, 0.5) is 4.39 Å². The average molecular weight is 174 g/mol. The molecule has 0 aromatic heterocycles. The summed E-state index contributed by atoms with van der Waals surface area (Å²) in [5, 5.41) is 0. The quantitative estimate of drug-likeness (QED) is 0.566. The molecule has 0 N–H and O–H groups in total. The molecular weight excluding hydrogens is 171 g/mol. The average Bonchev–Trinajstić information content (AvgIpc) is 1.77. The van der Waals surface area contributed by atoms with Crippen LogP contribution in [-0.2, 0) is 0 Å². The maximum atomic E-state index is 12.2. The van der Waals surface area contributed by atoms with Gasteiger partial charge in [-0.15, -0.1) is 0 Å². The summed E-state index contributed by atoms with van der Waals surface area (Å²) >= 11 is 2.99. The largest absolute Gasteiger partial charge is 0.205 e. The molecule has 0 aliphatic rings. The summed E-state index contributed by atoms with van der Waals surface area (Å²) in [5.74, 6) is -0.340. The Kier molecular flexibility index (Phi) is 1.63. The predicted molar refractivity (Wildman–Crippen MR) is 32.9 cm³/mol. The summed E-state index contributed by atoms with van der Waals surface area (Å²) in [6, 6.07) is 7.26. The van der Waals surface area contributed by atoms with Gasteiger partial charge in [0.25, 0.3) is 0 Å². The first-order valence-electron chi connectivity index (χ1n) is 2.12. The molecule has 0 atom stereocenters. The predicted octanol–water partition coefficient (Wildman–Crippen LogP) is 2.39. The molecule has 1 rings (SSSR count). The van der Waals surface area contributed by atoms with Crippen molar-refractivity contribution in [1.82, 2.24) is 0 Å². The van der Waals surface area contributed by atoms with Crippen LogP contribution in [0.15, 0.2) is 22.7 Å². The van der Waals surface area contributed by atoms with Crippen molar-refractivity contribution in [3.05, 3.63) is 34.6 Å². The van der Waals surface area contributed by atoms with Crippen LogP contribution in [0, 0.1) is 11.9 Å². The minimum Gasteiger partial charge on any atom is -0.205 e. The Hall–Kier alpha value is -0.370. The van der Waals surface area contributed by atoms with Crippen molar-refractivity contribution in [3.63, 3.8) is 0 Å². The molecular formula is C6H3BrF. The second-order valence-corrected chi connectivity index (χ2v) is 2.19. The lowest BCUT2D eigenvalue weighted by Gasteiger charge is -1.86. The zero-order valence-corrected chi connectivity index (χ0v) is 5.57. The van der Waals surface area contributed by atoms with Gasteiger partial charge in [-0.1, -0.05) is 12.1 Å². The highest BCUT2D eigenvalue weighted by molar-refractivity contribution is 9.10. The van der Waals surface area contributed by atoms with Crippen LogP contribution in [0.5, 0.6) is 0 Å². The topological polar surface area (TPSA) is 0 Å². The lowest BCUT2D eigenvalue weighted by Crippen LogP contribution is -1.71. The monoisotopic (exact) mass is 173 g/mol. The zero-order chi connectivity index (χ0) is 5.98. The van der Waals surface area contributed by atoms with Crippen LogP contribution >= 0.6 is 15.9 Å². The van der Waals surface area contributed by atoms with Crippen molar-refractivity contribution in [3.8, 4) is 0 Å². The van der Waals surface area contributed by atoms with E-state index in [2.05, 4.69) is 22.0 Å². The normalized spacial score (nSPS) is 9.25. The summed E-state index contributed by atoms with van der Waals surface area (Å²) in [6.07, 6.45) is 0. The fraction of sp³-hybridized carbons (Fsp3) is 0. The highest BCUT2D eigenvalue weighted by Gasteiger charge is 1.91. The van der Waals surface area contributed by atoms with E-state index in [9.17, 15) is 4.39 Å². The van der Waals surface area contributed by atoms with Gasteiger partial charge in [0.15, 0.2) is 0 Å². The third-order valence-electron chi connectivity index (χ3n) is 0.759. The molecule has 0 amide bonds. The van der Waals surface area contributed by atoms with Crippen molar-refractivity contribution in [2.24, 2.45) is 0 Å². The van der Waals surface area contributed by atoms with Crippen LogP contribution < -0.4 is 0 Å². The molecule has 0 aliphatic carbocycles. The summed E-state index contributed by atoms with van der Waals surface area (Å²) < 4.78 is 12.7. The van der Waals surface area contributed by atoms with Crippen LogP contribution in [0.1, 0.15) is 0 Å². The van der Waals surface area contributed by atoms with Gasteiger partial charge in [-0.25, -0.2) is 4.39 Å². The van der Waals surface area contributed by atoms with Gasteiger partial charge in [0.05, 0.1) is 4.47 Å². The lowest BCUT2D eigenvalue weighted by atomic mass is 10.4. The van der Waals surface area contributed by atoms with Crippen LogP contribution in [0.25, 0.3) is 0 Å². The van der Waals surface area contributed by atoms with E-state index in [1.54, 1.807) is 12.1 Å². The highest BCUT2D eigenvalue weighted by Crippen LogP contribution is 2.11. The van der Waals surface area contributed by atoms with Gasteiger partial charge in [0, 0.05) is 6.07 Å². The smallest absolute Gasteiger partial charge is 0.145 e. The van der Waals surface area contributed by atoms with E-state index in [1.165, 1.54) is 6.07 Å². The van der Waals surface area contributed by atoms with Crippen molar-refractivity contribution < 1.29 is 4.39 Å². The molecule has 0 heterocycles. The fourth-order valence-corrected chi connectivity index (χ4v) is 0.663. The Bertz CT molecular complexity index is 165. The van der Waals surface area contributed by atoms with Crippen molar-refractivity contribution in [2.45, 2.75) is 0 Å². The van der Waals surface area contributed by atoms with E-state index in [0.717, 1.165) is 0 Å². The van der Waals surface area contributed by atoms with E-state index >= 15 is 0 Å². The maximum absolute atomic E-state index is 12.2. The van der Waals surface area contributed by atoms with Gasteiger partial charge in [0.1, 0.15) is 5.82 Å². The summed E-state index contributed by atoms with van der Waals surface area (Å²) in [5.41, 5.74) is 0. The van der Waals surface area contributed by atoms with Crippen LogP contribution in [0.3, 0.4) is 0 Å². The van der Waals surface area contributed by atoms with Gasteiger partial charge < -0.3 is 0 Å². The highest BCUT2D eigenvalue weighted by atomic mass is 79.9. The molecule has 8 heavy (non-hydrogen) atoms. The fourth-order valence-electron chi connectivity index (χ4n) is 0.396. The van der Waals surface area contributed by atoms with Gasteiger partial charge >= 0.3 is 0 Å². The Morgan fingerprint density at radius 2 is 2.38 bits per heavy atom. The third kappa shape index (κ3) is 1.07. The minimum absolute atomic E-state index is 0.340. The maximum Gasteiger partial charge on any atom is 0.145 e. The number of benzene rings is 1. The van der Waals surface area contributed by atoms with Crippen molar-refractivity contribution in [2.75, 3.05) is 0 Å². The first kappa shape index (κ1) is 5.76. The first-order valence-corrected chi connectivity index (χ1v) is 2.91. The van der Waals surface area contributed by atoms with E-state index in [0.29, 0.717) is 4.47 Å². The van der Waals surface area contributed by atoms with E-state index < -0.39 is 0 Å². The SMILES string of the molecule is Fc1[c]cccc1Br. The molecule has 0 bridgehead atoms. The third-order valence-corrected chi connectivity index (χ3v) is 1.37. The second kappa shape index (κ2) is 2.27. The molecule has 2 heteroatoms. The van der Waals surface area contributed by atoms with Gasteiger partial charge in [-0.3, -0.25) is 0 Å². The Balaban J connectivity index is 3.13. The summed E-state index contributed by atoms with van der Waals surface area (Å²) in [6.45, 7) is 0.